The fourth-order valence-electron chi connectivity index (χ4n) is 3.00. The molecule has 1 amide bonds. The molecule has 1 heterocycles. The smallest absolute Gasteiger partial charge is 0.285 e. The van der Waals surface area contributed by atoms with Gasteiger partial charge >= 0.3 is 0 Å². The minimum absolute atomic E-state index is 0. The lowest BCUT2D eigenvalue weighted by Gasteiger charge is -2.32. The number of benzene rings is 1. The highest BCUT2D eigenvalue weighted by molar-refractivity contribution is 5.98. The van der Waals surface area contributed by atoms with E-state index in [9.17, 15) is 19.3 Å². The molecule has 1 aromatic carbocycles. The first-order chi connectivity index (χ1) is 10.9. The van der Waals surface area contributed by atoms with Crippen molar-refractivity contribution >= 4 is 24.0 Å². The largest absolute Gasteiger partial charge is 0.338 e. The molecule has 1 fully saturated rings. The number of nitro groups is 1. The number of carbonyl (C=O) groups excluding carboxylic acids is 1. The zero-order chi connectivity index (χ0) is 17.0. The Morgan fingerprint density at radius 3 is 2.58 bits per heavy atom. The average molecular weight is 360 g/mol. The predicted octanol–water partition coefficient (Wildman–Crippen LogP) is 2.93. The van der Waals surface area contributed by atoms with E-state index in [0.717, 1.165) is 38.1 Å². The van der Waals surface area contributed by atoms with E-state index in [4.69, 9.17) is 0 Å². The van der Waals surface area contributed by atoms with Crippen LogP contribution in [0.3, 0.4) is 0 Å². The van der Waals surface area contributed by atoms with E-state index in [-0.39, 0.29) is 29.2 Å². The molecule has 1 aromatic rings. The van der Waals surface area contributed by atoms with Crippen molar-refractivity contribution in [1.82, 2.24) is 10.2 Å². The first kappa shape index (κ1) is 20.3. The lowest BCUT2D eigenvalue weighted by molar-refractivity contribution is -0.385. The van der Waals surface area contributed by atoms with E-state index >= 15 is 0 Å². The second kappa shape index (κ2) is 8.94. The second-order valence-corrected chi connectivity index (χ2v) is 5.92. The third-order valence-electron chi connectivity index (χ3n) is 4.26. The van der Waals surface area contributed by atoms with Crippen LogP contribution in [0.5, 0.6) is 0 Å². The van der Waals surface area contributed by atoms with E-state index in [1.165, 1.54) is 6.92 Å². The molecule has 1 N–H and O–H groups in total. The zero-order valence-corrected chi connectivity index (χ0v) is 14.7. The van der Waals surface area contributed by atoms with Crippen molar-refractivity contribution < 1.29 is 14.1 Å². The Morgan fingerprint density at radius 2 is 2.04 bits per heavy atom. The first-order valence-corrected chi connectivity index (χ1v) is 7.88. The van der Waals surface area contributed by atoms with Crippen molar-refractivity contribution in [1.29, 1.82) is 0 Å². The van der Waals surface area contributed by atoms with Gasteiger partial charge in [-0.05, 0) is 50.9 Å². The van der Waals surface area contributed by atoms with Gasteiger partial charge < -0.3 is 10.2 Å². The summed E-state index contributed by atoms with van der Waals surface area (Å²) in [5.41, 5.74) is -0.288. The summed E-state index contributed by atoms with van der Waals surface area (Å²) < 4.78 is 13.6. The number of hydrogen-bond donors (Lipinski definition) is 1. The number of nitrogens with one attached hydrogen (secondary N) is 1. The number of aryl methyl sites for hydroxylation is 1. The van der Waals surface area contributed by atoms with E-state index in [1.807, 2.05) is 6.92 Å². The van der Waals surface area contributed by atoms with Crippen LogP contribution in [-0.2, 0) is 0 Å². The number of hydrogen-bond acceptors (Lipinski definition) is 4. The topological polar surface area (TPSA) is 75.5 Å². The highest BCUT2D eigenvalue weighted by atomic mass is 35.5. The maximum absolute atomic E-state index is 13.6. The molecule has 0 atom stereocenters. The van der Waals surface area contributed by atoms with Gasteiger partial charge in [-0.15, -0.1) is 12.4 Å². The number of nitrogens with zero attached hydrogens (tertiary/aromatic N) is 2. The number of likely N-dealkylation sites (tertiary alicyclic amines) is 1. The highest BCUT2D eigenvalue weighted by Crippen LogP contribution is 2.27. The van der Waals surface area contributed by atoms with Crippen LogP contribution in [0.4, 0.5) is 10.1 Å². The lowest BCUT2D eigenvalue weighted by Crippen LogP contribution is -2.41. The fraction of sp³-hybridized carbons (Fsp3) is 0.562. The van der Waals surface area contributed by atoms with Crippen LogP contribution in [0, 0.1) is 28.8 Å². The highest BCUT2D eigenvalue weighted by Gasteiger charge is 2.30. The van der Waals surface area contributed by atoms with Gasteiger partial charge in [0.1, 0.15) is 11.4 Å². The molecule has 0 spiro atoms. The summed E-state index contributed by atoms with van der Waals surface area (Å²) in [5, 5.41) is 14.5. The van der Waals surface area contributed by atoms with Crippen LogP contribution in [0.2, 0.25) is 0 Å². The molecule has 1 aliphatic rings. The van der Waals surface area contributed by atoms with Crippen molar-refractivity contribution in [2.75, 3.05) is 26.2 Å². The molecule has 0 aliphatic carbocycles. The Bertz CT molecular complexity index is 604. The molecule has 1 saturated heterocycles. The summed E-state index contributed by atoms with van der Waals surface area (Å²) >= 11 is 0. The van der Waals surface area contributed by atoms with Gasteiger partial charge in [0.2, 0.25) is 0 Å². The van der Waals surface area contributed by atoms with Crippen LogP contribution in [0.1, 0.15) is 35.7 Å². The number of amides is 1. The van der Waals surface area contributed by atoms with E-state index in [1.54, 1.807) is 4.90 Å². The molecule has 0 unspecified atom stereocenters. The molecule has 8 heteroatoms. The van der Waals surface area contributed by atoms with Crippen LogP contribution in [-0.4, -0.2) is 41.9 Å². The third kappa shape index (κ3) is 4.64. The van der Waals surface area contributed by atoms with Gasteiger partial charge in [0.15, 0.2) is 0 Å². The summed E-state index contributed by atoms with van der Waals surface area (Å²) in [6, 6.07) is 2.05. The Morgan fingerprint density at radius 1 is 1.42 bits per heavy atom. The monoisotopic (exact) mass is 359 g/mol. The minimum atomic E-state index is -0.626. The van der Waals surface area contributed by atoms with Crippen molar-refractivity contribution in [3.63, 3.8) is 0 Å². The first-order valence-electron chi connectivity index (χ1n) is 7.88. The molecule has 0 aromatic heterocycles. The minimum Gasteiger partial charge on any atom is -0.338 e. The van der Waals surface area contributed by atoms with Gasteiger partial charge in [0.05, 0.1) is 4.92 Å². The van der Waals surface area contributed by atoms with Crippen LogP contribution >= 0.6 is 12.4 Å². The van der Waals surface area contributed by atoms with E-state index in [0.29, 0.717) is 19.0 Å². The maximum atomic E-state index is 13.6. The molecule has 6 nitrogen and oxygen atoms in total. The molecular formula is C16H23ClFN3O3. The van der Waals surface area contributed by atoms with Crippen LogP contribution < -0.4 is 5.32 Å². The third-order valence-corrected chi connectivity index (χ3v) is 4.26. The second-order valence-electron chi connectivity index (χ2n) is 5.92. The standard InChI is InChI=1S/C16H22FN3O3.ClH/c1-3-18-10-12-4-6-19(7-5-12)16(21)14-9-13(17)8-11(2)15(14)20(22)23;/h8-9,12,18H,3-7,10H2,1-2H3;1H. The Hall–Kier alpha value is -1.73. The Balaban J connectivity index is 0.00000288. The number of rotatable bonds is 5. The van der Waals surface area contributed by atoms with Gasteiger partial charge in [0.25, 0.3) is 11.6 Å². The van der Waals surface area contributed by atoms with Gasteiger partial charge in [-0.2, -0.15) is 0 Å². The van der Waals surface area contributed by atoms with Crippen molar-refractivity contribution in [2.24, 2.45) is 5.92 Å². The van der Waals surface area contributed by atoms with Gasteiger partial charge in [-0.25, -0.2) is 4.39 Å². The number of nitro benzene ring substituents is 1. The van der Waals surface area contributed by atoms with E-state index in [2.05, 4.69) is 5.32 Å². The summed E-state index contributed by atoms with van der Waals surface area (Å²) in [5.74, 6) is -0.581. The quantitative estimate of drug-likeness (QED) is 0.648. The number of piperidine rings is 1. The lowest BCUT2D eigenvalue weighted by atomic mass is 9.96. The zero-order valence-electron chi connectivity index (χ0n) is 13.9. The van der Waals surface area contributed by atoms with Crippen molar-refractivity contribution in [2.45, 2.75) is 26.7 Å². The summed E-state index contributed by atoms with van der Waals surface area (Å²) in [4.78, 5) is 24.8. The fourth-order valence-corrected chi connectivity index (χ4v) is 3.00. The number of halogens is 2. The Kier molecular flexibility index (Phi) is 7.57. The van der Waals surface area contributed by atoms with Gasteiger partial charge in [0, 0.05) is 18.7 Å². The molecular weight excluding hydrogens is 337 g/mol. The molecule has 134 valence electrons. The van der Waals surface area contributed by atoms with Crippen LogP contribution in [0.15, 0.2) is 12.1 Å². The summed E-state index contributed by atoms with van der Waals surface area (Å²) in [6.45, 7) is 6.40. The normalized spacial score (nSPS) is 15.0. The summed E-state index contributed by atoms with van der Waals surface area (Å²) in [7, 11) is 0. The van der Waals surface area contributed by atoms with Crippen LogP contribution in [0.25, 0.3) is 0 Å². The predicted molar refractivity (Wildman–Crippen MR) is 92.2 cm³/mol. The number of carbonyl (C=O) groups is 1. The Labute approximate surface area is 147 Å². The van der Waals surface area contributed by atoms with E-state index < -0.39 is 16.6 Å². The van der Waals surface area contributed by atoms with Gasteiger partial charge in [-0.1, -0.05) is 6.92 Å². The molecule has 0 bridgehead atoms. The molecule has 2 rings (SSSR count). The van der Waals surface area contributed by atoms with Crippen molar-refractivity contribution in [3.8, 4) is 0 Å². The maximum Gasteiger partial charge on any atom is 0.285 e. The van der Waals surface area contributed by atoms with Crippen molar-refractivity contribution in [3.05, 3.63) is 39.2 Å². The SMILES string of the molecule is CCNCC1CCN(C(=O)c2cc(F)cc(C)c2[N+](=O)[O-])CC1.Cl. The molecule has 0 radical (unpaired) electrons. The average Bonchev–Trinajstić information content (AvgIpc) is 2.51. The molecule has 1 aliphatic heterocycles. The molecule has 0 saturated carbocycles. The van der Waals surface area contributed by atoms with Gasteiger partial charge in [-0.3, -0.25) is 14.9 Å². The molecule has 24 heavy (non-hydrogen) atoms. The summed E-state index contributed by atoms with van der Waals surface area (Å²) in [6.07, 6.45) is 1.70.